The molecule has 0 saturated carbocycles. The smallest absolute Gasteiger partial charge is 0.260 e. The van der Waals surface area contributed by atoms with E-state index in [1.54, 1.807) is 36.4 Å². The average molecular weight is 420 g/mol. The maximum absolute atomic E-state index is 12.5. The molecule has 0 saturated heterocycles. The van der Waals surface area contributed by atoms with Crippen LogP contribution in [-0.4, -0.2) is 36.4 Å². The van der Waals surface area contributed by atoms with Gasteiger partial charge in [0.05, 0.1) is 22.8 Å². The van der Waals surface area contributed by atoms with Gasteiger partial charge in [-0.05, 0) is 36.8 Å². The second-order valence-corrected chi connectivity index (χ2v) is 6.73. The molecule has 0 atom stereocenters. The third kappa shape index (κ3) is 6.15. The van der Waals surface area contributed by atoms with Crippen LogP contribution in [-0.2, 0) is 9.59 Å². The number of anilines is 1. The minimum Gasteiger partial charge on any atom is -0.482 e. The SMILES string of the molecule is CCCN(CC(=O)Nc1cc(Cl)ccc1Cl)C(=O)COc1ccccc1C#N. The van der Waals surface area contributed by atoms with Crippen molar-refractivity contribution in [3.05, 3.63) is 58.1 Å². The maximum atomic E-state index is 12.5. The van der Waals surface area contributed by atoms with Crippen LogP contribution in [0.3, 0.4) is 0 Å². The summed E-state index contributed by atoms with van der Waals surface area (Å²) in [6.45, 7) is 1.86. The van der Waals surface area contributed by atoms with E-state index < -0.39 is 5.91 Å². The molecule has 2 aromatic rings. The Balaban J connectivity index is 1.99. The normalized spacial score (nSPS) is 10.1. The Morgan fingerprint density at radius 1 is 1.21 bits per heavy atom. The third-order valence-electron chi connectivity index (χ3n) is 3.74. The molecule has 6 nitrogen and oxygen atoms in total. The molecule has 0 fully saturated rings. The van der Waals surface area contributed by atoms with Gasteiger partial charge in [0.25, 0.3) is 5.91 Å². The molecule has 0 aliphatic heterocycles. The number of hydrogen-bond donors (Lipinski definition) is 1. The predicted molar refractivity (Wildman–Crippen MR) is 109 cm³/mol. The Bertz CT molecular complexity index is 897. The topological polar surface area (TPSA) is 82.4 Å². The summed E-state index contributed by atoms with van der Waals surface area (Å²) in [6.07, 6.45) is 0.672. The van der Waals surface area contributed by atoms with E-state index in [-0.39, 0.29) is 19.1 Å². The molecule has 0 bridgehead atoms. The molecule has 0 aliphatic carbocycles. The Kier molecular flexibility index (Phi) is 8.12. The van der Waals surface area contributed by atoms with Gasteiger partial charge < -0.3 is 15.0 Å². The number of halogens is 2. The second-order valence-electron chi connectivity index (χ2n) is 5.88. The van der Waals surface area contributed by atoms with E-state index in [0.29, 0.717) is 40.0 Å². The van der Waals surface area contributed by atoms with E-state index in [9.17, 15) is 9.59 Å². The van der Waals surface area contributed by atoms with Gasteiger partial charge in [0.1, 0.15) is 11.8 Å². The minimum absolute atomic E-state index is 0.154. The van der Waals surface area contributed by atoms with Crippen molar-refractivity contribution in [1.29, 1.82) is 5.26 Å². The quantitative estimate of drug-likeness (QED) is 0.697. The van der Waals surface area contributed by atoms with Crippen molar-refractivity contribution in [2.45, 2.75) is 13.3 Å². The van der Waals surface area contributed by atoms with Gasteiger partial charge in [0.2, 0.25) is 5.91 Å². The summed E-state index contributed by atoms with van der Waals surface area (Å²) in [7, 11) is 0. The first-order chi connectivity index (χ1) is 13.4. The first kappa shape index (κ1) is 21.5. The zero-order valence-corrected chi connectivity index (χ0v) is 16.8. The van der Waals surface area contributed by atoms with Crippen molar-refractivity contribution < 1.29 is 14.3 Å². The fraction of sp³-hybridized carbons (Fsp3) is 0.250. The van der Waals surface area contributed by atoms with Crippen LogP contribution in [0.4, 0.5) is 5.69 Å². The molecule has 8 heteroatoms. The highest BCUT2D eigenvalue weighted by Gasteiger charge is 2.18. The summed E-state index contributed by atoms with van der Waals surface area (Å²) in [6, 6.07) is 13.4. The zero-order chi connectivity index (χ0) is 20.5. The number of nitrogens with zero attached hydrogens (tertiary/aromatic N) is 2. The van der Waals surface area contributed by atoms with Crippen LogP contribution in [0.15, 0.2) is 42.5 Å². The summed E-state index contributed by atoms with van der Waals surface area (Å²) in [5.74, 6) is -0.435. The summed E-state index contributed by atoms with van der Waals surface area (Å²) in [5.41, 5.74) is 0.716. The van der Waals surface area contributed by atoms with Crippen LogP contribution in [0, 0.1) is 11.3 Å². The Morgan fingerprint density at radius 3 is 2.68 bits per heavy atom. The van der Waals surface area contributed by atoms with Gasteiger partial charge in [-0.25, -0.2) is 0 Å². The summed E-state index contributed by atoms with van der Waals surface area (Å²) < 4.78 is 5.47. The van der Waals surface area contributed by atoms with Gasteiger partial charge in [-0.1, -0.05) is 42.3 Å². The molecular weight excluding hydrogens is 401 g/mol. The molecule has 0 unspecified atom stereocenters. The van der Waals surface area contributed by atoms with E-state index in [2.05, 4.69) is 5.32 Å². The van der Waals surface area contributed by atoms with Crippen molar-refractivity contribution in [1.82, 2.24) is 4.90 Å². The molecule has 0 heterocycles. The fourth-order valence-corrected chi connectivity index (χ4v) is 2.77. The Labute approximate surface area is 173 Å². The number of rotatable bonds is 8. The van der Waals surface area contributed by atoms with Gasteiger partial charge in [-0.3, -0.25) is 9.59 Å². The summed E-state index contributed by atoms with van der Waals surface area (Å²) in [5, 5.41) is 12.5. The van der Waals surface area contributed by atoms with Gasteiger partial charge in [-0.15, -0.1) is 0 Å². The molecule has 2 amide bonds. The van der Waals surface area contributed by atoms with Crippen LogP contribution >= 0.6 is 23.2 Å². The van der Waals surface area contributed by atoms with Crippen LogP contribution in [0.5, 0.6) is 5.75 Å². The van der Waals surface area contributed by atoms with E-state index in [4.69, 9.17) is 33.2 Å². The maximum Gasteiger partial charge on any atom is 0.260 e. The second kappa shape index (κ2) is 10.5. The Hall–Kier alpha value is -2.75. The van der Waals surface area contributed by atoms with Gasteiger partial charge in [0, 0.05) is 11.6 Å². The lowest BCUT2D eigenvalue weighted by Gasteiger charge is -2.22. The van der Waals surface area contributed by atoms with E-state index >= 15 is 0 Å². The largest absolute Gasteiger partial charge is 0.482 e. The van der Waals surface area contributed by atoms with E-state index in [1.807, 2.05) is 13.0 Å². The number of amides is 2. The highest BCUT2D eigenvalue weighted by Crippen LogP contribution is 2.25. The molecule has 2 rings (SSSR count). The highest BCUT2D eigenvalue weighted by molar-refractivity contribution is 6.35. The third-order valence-corrected chi connectivity index (χ3v) is 4.31. The molecule has 0 radical (unpaired) electrons. The molecule has 0 aromatic heterocycles. The Morgan fingerprint density at radius 2 is 1.96 bits per heavy atom. The average Bonchev–Trinajstić information content (AvgIpc) is 2.68. The first-order valence-corrected chi connectivity index (χ1v) is 9.34. The molecular formula is C20H19Cl2N3O3. The van der Waals surface area contributed by atoms with Crippen LogP contribution < -0.4 is 10.1 Å². The van der Waals surface area contributed by atoms with Gasteiger partial charge in [-0.2, -0.15) is 5.26 Å². The number of ether oxygens (including phenoxy) is 1. The monoisotopic (exact) mass is 419 g/mol. The first-order valence-electron chi connectivity index (χ1n) is 8.59. The van der Waals surface area contributed by atoms with Crippen molar-refractivity contribution in [3.63, 3.8) is 0 Å². The van der Waals surface area contributed by atoms with E-state index in [0.717, 1.165) is 0 Å². The number of carbonyl (C=O) groups is 2. The summed E-state index contributed by atoms with van der Waals surface area (Å²) in [4.78, 5) is 26.2. The minimum atomic E-state index is -0.400. The van der Waals surface area contributed by atoms with Crippen LogP contribution in [0.1, 0.15) is 18.9 Å². The van der Waals surface area contributed by atoms with Crippen LogP contribution in [0.2, 0.25) is 10.0 Å². The van der Waals surface area contributed by atoms with Gasteiger partial charge >= 0.3 is 0 Å². The van der Waals surface area contributed by atoms with Crippen molar-refractivity contribution in [2.24, 2.45) is 0 Å². The lowest BCUT2D eigenvalue weighted by atomic mass is 10.2. The lowest BCUT2D eigenvalue weighted by Crippen LogP contribution is -2.41. The fourth-order valence-electron chi connectivity index (χ4n) is 2.43. The van der Waals surface area contributed by atoms with Crippen molar-refractivity contribution in [2.75, 3.05) is 25.0 Å². The molecule has 146 valence electrons. The molecule has 2 aromatic carbocycles. The molecule has 0 aliphatic rings. The number of benzene rings is 2. The van der Waals surface area contributed by atoms with Gasteiger partial charge in [0.15, 0.2) is 6.61 Å². The predicted octanol–water partition coefficient (Wildman–Crippen LogP) is 4.12. The summed E-state index contributed by atoms with van der Waals surface area (Å²) >= 11 is 12.0. The van der Waals surface area contributed by atoms with Crippen molar-refractivity contribution >= 4 is 40.7 Å². The number of hydrogen-bond acceptors (Lipinski definition) is 4. The molecule has 0 spiro atoms. The lowest BCUT2D eigenvalue weighted by molar-refractivity contribution is -0.136. The number of nitrogens with one attached hydrogen (secondary N) is 1. The van der Waals surface area contributed by atoms with Crippen molar-refractivity contribution in [3.8, 4) is 11.8 Å². The molecule has 1 N–H and O–H groups in total. The zero-order valence-electron chi connectivity index (χ0n) is 15.2. The van der Waals surface area contributed by atoms with E-state index in [1.165, 1.54) is 11.0 Å². The standard InChI is InChI=1S/C20H19Cl2N3O3/c1-2-9-25(12-19(26)24-17-10-15(21)7-8-16(17)22)20(27)13-28-18-6-4-3-5-14(18)11-23/h3-8,10H,2,9,12-13H2,1H3,(H,24,26). The highest BCUT2D eigenvalue weighted by atomic mass is 35.5. The molecule has 28 heavy (non-hydrogen) atoms. The number of para-hydroxylation sites is 1. The van der Waals surface area contributed by atoms with Crippen LogP contribution in [0.25, 0.3) is 0 Å². The number of carbonyl (C=O) groups excluding carboxylic acids is 2. The number of nitriles is 1.